The van der Waals surface area contributed by atoms with Gasteiger partial charge in [-0.15, -0.1) is 11.3 Å². The minimum atomic E-state index is 0.486. The Kier molecular flexibility index (Phi) is 3.98. The van der Waals surface area contributed by atoms with Crippen molar-refractivity contribution in [1.82, 2.24) is 20.1 Å². The summed E-state index contributed by atoms with van der Waals surface area (Å²) in [6, 6.07) is 12.6. The average molecular weight is 380 g/mol. The molecule has 1 saturated carbocycles. The molecule has 0 amide bonds. The van der Waals surface area contributed by atoms with Crippen molar-refractivity contribution in [2.45, 2.75) is 36.5 Å². The molecule has 0 bridgehead atoms. The second-order valence-corrected chi connectivity index (χ2v) is 8.38. The maximum Gasteiger partial charge on any atom is 0.229 e. The van der Waals surface area contributed by atoms with Crippen LogP contribution in [0.3, 0.4) is 0 Å². The minimum absolute atomic E-state index is 0.486. The highest BCUT2D eigenvalue weighted by Crippen LogP contribution is 2.40. The highest BCUT2D eigenvalue weighted by Gasteiger charge is 2.29. The van der Waals surface area contributed by atoms with Crippen LogP contribution in [-0.2, 0) is 5.75 Å². The van der Waals surface area contributed by atoms with Crippen molar-refractivity contribution in [3.8, 4) is 10.4 Å². The molecule has 1 aliphatic carbocycles. The Morgan fingerprint density at radius 1 is 1.15 bits per heavy atom. The van der Waals surface area contributed by atoms with E-state index in [1.165, 1.54) is 10.4 Å². The van der Waals surface area contributed by atoms with E-state index in [4.69, 9.17) is 4.52 Å². The van der Waals surface area contributed by atoms with Crippen molar-refractivity contribution in [3.63, 3.8) is 0 Å². The number of fused-ring (bicyclic) bond motifs is 1. The zero-order chi connectivity index (χ0) is 17.5. The zero-order valence-electron chi connectivity index (χ0n) is 14.2. The molecule has 0 N–H and O–H groups in total. The third-order valence-electron chi connectivity index (χ3n) is 4.28. The summed E-state index contributed by atoms with van der Waals surface area (Å²) < 4.78 is 5.35. The number of hydrogen-bond donors (Lipinski definition) is 0. The van der Waals surface area contributed by atoms with E-state index in [9.17, 15) is 0 Å². The Hall–Kier alpha value is -2.25. The highest BCUT2D eigenvalue weighted by molar-refractivity contribution is 7.98. The van der Waals surface area contributed by atoms with Crippen LogP contribution in [0.15, 0.2) is 45.9 Å². The molecule has 0 spiro atoms. The molecule has 3 heterocycles. The van der Waals surface area contributed by atoms with Gasteiger partial charge in [0.2, 0.25) is 5.89 Å². The fraction of sp³-hybridized carbons (Fsp3) is 0.263. The number of rotatable bonds is 5. The Balaban J connectivity index is 1.45. The molecule has 0 unspecified atom stereocenters. The summed E-state index contributed by atoms with van der Waals surface area (Å²) >= 11 is 3.34. The molecule has 0 radical (unpaired) electrons. The topological polar surface area (TPSA) is 64.7 Å². The van der Waals surface area contributed by atoms with Crippen LogP contribution in [0.5, 0.6) is 0 Å². The molecule has 0 atom stereocenters. The summed E-state index contributed by atoms with van der Waals surface area (Å²) in [7, 11) is 0. The van der Waals surface area contributed by atoms with Gasteiger partial charge in [-0.2, -0.15) is 4.98 Å². The van der Waals surface area contributed by atoms with Gasteiger partial charge in [0.25, 0.3) is 0 Å². The third-order valence-corrected chi connectivity index (χ3v) is 6.34. The first-order valence-corrected chi connectivity index (χ1v) is 10.4. The van der Waals surface area contributed by atoms with E-state index in [0.717, 1.165) is 45.6 Å². The van der Waals surface area contributed by atoms with E-state index < -0.39 is 0 Å². The summed E-state index contributed by atoms with van der Waals surface area (Å²) in [6.07, 6.45) is 2.33. The number of nitrogens with zero attached hydrogens (tertiary/aromatic N) is 4. The van der Waals surface area contributed by atoms with Gasteiger partial charge in [-0.25, -0.2) is 9.97 Å². The zero-order valence-corrected chi connectivity index (χ0v) is 15.8. The number of aromatic nitrogens is 4. The lowest BCUT2D eigenvalue weighted by atomic mass is 10.2. The molecule has 26 heavy (non-hydrogen) atoms. The highest BCUT2D eigenvalue weighted by atomic mass is 32.2. The van der Waals surface area contributed by atoms with Gasteiger partial charge in [0, 0.05) is 16.2 Å². The van der Waals surface area contributed by atoms with Crippen LogP contribution < -0.4 is 0 Å². The number of hydrogen-bond acceptors (Lipinski definition) is 7. The second kappa shape index (κ2) is 6.48. The molecule has 0 saturated heterocycles. The SMILES string of the molecule is Cc1nc(SCc2noc(C3CC3)n2)c2cc(-c3ccccc3)sc2n1. The van der Waals surface area contributed by atoms with Gasteiger partial charge < -0.3 is 4.52 Å². The van der Waals surface area contributed by atoms with Gasteiger partial charge >= 0.3 is 0 Å². The van der Waals surface area contributed by atoms with Crippen molar-refractivity contribution in [2.75, 3.05) is 0 Å². The normalized spacial score (nSPS) is 14.2. The summed E-state index contributed by atoms with van der Waals surface area (Å²) in [4.78, 5) is 16.0. The maximum atomic E-state index is 5.35. The summed E-state index contributed by atoms with van der Waals surface area (Å²) in [6.45, 7) is 1.94. The van der Waals surface area contributed by atoms with Gasteiger partial charge in [0.1, 0.15) is 15.7 Å². The van der Waals surface area contributed by atoms with Gasteiger partial charge in [-0.1, -0.05) is 47.3 Å². The average Bonchev–Trinajstić information content (AvgIpc) is 3.24. The van der Waals surface area contributed by atoms with Gasteiger partial charge in [-0.05, 0) is 31.4 Å². The number of benzene rings is 1. The van der Waals surface area contributed by atoms with Crippen LogP contribution in [0.2, 0.25) is 0 Å². The van der Waals surface area contributed by atoms with E-state index in [0.29, 0.717) is 11.7 Å². The number of aryl methyl sites for hydroxylation is 1. The third kappa shape index (κ3) is 3.12. The second-order valence-electron chi connectivity index (χ2n) is 6.38. The summed E-state index contributed by atoms with van der Waals surface area (Å²) in [5, 5.41) is 6.17. The molecule has 1 aromatic carbocycles. The molecule has 7 heteroatoms. The van der Waals surface area contributed by atoms with Crippen molar-refractivity contribution < 1.29 is 4.52 Å². The van der Waals surface area contributed by atoms with Crippen molar-refractivity contribution in [2.24, 2.45) is 0 Å². The van der Waals surface area contributed by atoms with Crippen molar-refractivity contribution >= 4 is 33.3 Å². The molecule has 130 valence electrons. The molecular weight excluding hydrogens is 364 g/mol. The fourth-order valence-corrected chi connectivity index (χ4v) is 4.84. The molecular formula is C19H16N4OS2. The molecule has 5 nitrogen and oxygen atoms in total. The molecule has 1 aliphatic rings. The summed E-state index contributed by atoms with van der Waals surface area (Å²) in [5.74, 6) is 3.44. The van der Waals surface area contributed by atoms with Crippen molar-refractivity contribution in [1.29, 1.82) is 0 Å². The lowest BCUT2D eigenvalue weighted by Gasteiger charge is -2.01. The van der Waals surface area contributed by atoms with E-state index >= 15 is 0 Å². The predicted octanol–water partition coefficient (Wildman–Crippen LogP) is 5.22. The Bertz CT molecular complexity index is 1070. The number of thiophene rings is 1. The van der Waals surface area contributed by atoms with Crippen LogP contribution in [0, 0.1) is 6.92 Å². The van der Waals surface area contributed by atoms with Crippen LogP contribution in [0.1, 0.15) is 36.3 Å². The molecule has 3 aromatic heterocycles. The van der Waals surface area contributed by atoms with Gasteiger partial charge in [0.05, 0.1) is 5.75 Å². The molecule has 0 aliphatic heterocycles. The maximum absolute atomic E-state index is 5.35. The van der Waals surface area contributed by atoms with Gasteiger partial charge in [-0.3, -0.25) is 0 Å². The lowest BCUT2D eigenvalue weighted by molar-refractivity contribution is 0.375. The molecule has 4 aromatic rings. The largest absolute Gasteiger partial charge is 0.339 e. The first kappa shape index (κ1) is 16.0. The molecule has 5 rings (SSSR count). The van der Waals surface area contributed by atoms with Crippen LogP contribution in [-0.4, -0.2) is 20.1 Å². The Labute approximate surface area is 158 Å². The van der Waals surface area contributed by atoms with Crippen molar-refractivity contribution in [3.05, 3.63) is 53.9 Å². The van der Waals surface area contributed by atoms with Gasteiger partial charge in [0.15, 0.2) is 5.82 Å². The monoisotopic (exact) mass is 380 g/mol. The molecule has 1 fully saturated rings. The Morgan fingerprint density at radius 3 is 2.81 bits per heavy atom. The first-order valence-electron chi connectivity index (χ1n) is 8.55. The first-order chi connectivity index (χ1) is 12.8. The smallest absolute Gasteiger partial charge is 0.229 e. The number of thioether (sulfide) groups is 1. The standard InChI is InChI=1S/C19H16N4OS2/c1-11-20-18(25-10-16-22-17(24-23-16)13-7-8-13)14-9-15(26-19(14)21-11)12-5-3-2-4-6-12/h2-6,9,13H,7-8,10H2,1H3. The van der Waals surface area contributed by atoms with Crippen LogP contribution in [0.25, 0.3) is 20.7 Å². The Morgan fingerprint density at radius 2 is 2.00 bits per heavy atom. The minimum Gasteiger partial charge on any atom is -0.339 e. The fourth-order valence-electron chi connectivity index (χ4n) is 2.81. The quantitative estimate of drug-likeness (QED) is 0.349. The predicted molar refractivity (Wildman–Crippen MR) is 103 cm³/mol. The lowest BCUT2D eigenvalue weighted by Crippen LogP contribution is -1.91. The van der Waals surface area contributed by atoms with E-state index in [1.54, 1.807) is 23.1 Å². The van der Waals surface area contributed by atoms with E-state index in [2.05, 4.69) is 50.4 Å². The van der Waals surface area contributed by atoms with E-state index in [1.807, 2.05) is 13.0 Å². The van der Waals surface area contributed by atoms with E-state index in [-0.39, 0.29) is 0 Å². The summed E-state index contributed by atoms with van der Waals surface area (Å²) in [5.41, 5.74) is 1.20. The van der Waals surface area contributed by atoms with Crippen LogP contribution in [0.4, 0.5) is 0 Å². The van der Waals surface area contributed by atoms with Crippen LogP contribution >= 0.6 is 23.1 Å².